The van der Waals surface area contributed by atoms with E-state index in [1.54, 1.807) is 0 Å². The first-order valence-electron chi connectivity index (χ1n) is 7.38. The molecule has 0 radical (unpaired) electrons. The minimum absolute atomic E-state index is 0.634. The van der Waals surface area contributed by atoms with Crippen molar-refractivity contribution in [1.29, 1.82) is 0 Å². The molecule has 108 valence electrons. The Balaban J connectivity index is 1.65. The van der Waals surface area contributed by atoms with Crippen molar-refractivity contribution in [1.82, 2.24) is 15.1 Å². The number of piperazine rings is 1. The van der Waals surface area contributed by atoms with E-state index in [4.69, 9.17) is 0 Å². The highest BCUT2D eigenvalue weighted by Gasteiger charge is 2.21. The zero-order valence-electron chi connectivity index (χ0n) is 12.4. The van der Waals surface area contributed by atoms with Gasteiger partial charge in [-0.05, 0) is 32.2 Å². The van der Waals surface area contributed by atoms with Gasteiger partial charge in [-0.1, -0.05) is 6.07 Å². The summed E-state index contributed by atoms with van der Waals surface area (Å²) < 4.78 is 0. The largest absolute Gasteiger partial charge is 0.310 e. The van der Waals surface area contributed by atoms with Gasteiger partial charge < -0.3 is 5.32 Å². The van der Waals surface area contributed by atoms with E-state index in [-0.39, 0.29) is 0 Å². The fraction of sp³-hybridized carbons (Fsp3) is 0.733. The summed E-state index contributed by atoms with van der Waals surface area (Å²) in [5.74, 6) is 0. The van der Waals surface area contributed by atoms with E-state index in [1.165, 1.54) is 31.1 Å². The SMILES string of the molecule is CC(C)N1CCN(C(C)CNCc2cccs2)CC1. The second-order valence-corrected chi connectivity index (χ2v) is 6.76. The predicted molar refractivity (Wildman–Crippen MR) is 83.8 cm³/mol. The molecule has 0 bridgehead atoms. The van der Waals surface area contributed by atoms with Crippen LogP contribution in [0.15, 0.2) is 17.5 Å². The Morgan fingerprint density at radius 2 is 1.84 bits per heavy atom. The van der Waals surface area contributed by atoms with Crippen LogP contribution in [-0.4, -0.2) is 54.6 Å². The zero-order chi connectivity index (χ0) is 13.7. The van der Waals surface area contributed by atoms with Gasteiger partial charge >= 0.3 is 0 Å². The van der Waals surface area contributed by atoms with Gasteiger partial charge in [-0.3, -0.25) is 9.80 Å². The number of nitrogens with zero attached hydrogens (tertiary/aromatic N) is 2. The second kappa shape index (κ2) is 7.39. The maximum atomic E-state index is 3.57. The molecule has 0 amide bonds. The van der Waals surface area contributed by atoms with Gasteiger partial charge in [0.25, 0.3) is 0 Å². The van der Waals surface area contributed by atoms with Crippen LogP contribution >= 0.6 is 11.3 Å². The summed E-state index contributed by atoms with van der Waals surface area (Å²) >= 11 is 1.83. The first-order valence-corrected chi connectivity index (χ1v) is 8.26. The van der Waals surface area contributed by atoms with Crippen LogP contribution < -0.4 is 5.32 Å². The Bertz CT molecular complexity index is 342. The molecule has 19 heavy (non-hydrogen) atoms. The molecule has 1 aromatic heterocycles. The topological polar surface area (TPSA) is 18.5 Å². The Morgan fingerprint density at radius 1 is 1.16 bits per heavy atom. The molecule has 0 spiro atoms. The third kappa shape index (κ3) is 4.56. The van der Waals surface area contributed by atoms with E-state index < -0.39 is 0 Å². The summed E-state index contributed by atoms with van der Waals surface area (Å²) in [6.45, 7) is 13.9. The lowest BCUT2D eigenvalue weighted by Crippen LogP contribution is -2.53. The summed E-state index contributed by atoms with van der Waals surface area (Å²) in [7, 11) is 0. The van der Waals surface area contributed by atoms with Gasteiger partial charge in [-0.15, -0.1) is 11.3 Å². The number of hydrogen-bond donors (Lipinski definition) is 1. The first kappa shape index (κ1) is 15.0. The highest BCUT2D eigenvalue weighted by atomic mass is 32.1. The quantitative estimate of drug-likeness (QED) is 0.863. The molecule has 1 unspecified atom stereocenters. The molecule has 1 N–H and O–H groups in total. The Hall–Kier alpha value is -0.420. The van der Waals surface area contributed by atoms with Crippen molar-refractivity contribution >= 4 is 11.3 Å². The summed E-state index contributed by atoms with van der Waals surface area (Å²) in [6.07, 6.45) is 0. The third-order valence-electron chi connectivity index (χ3n) is 4.02. The van der Waals surface area contributed by atoms with Gasteiger partial charge in [0, 0.05) is 56.2 Å². The molecule has 1 saturated heterocycles. The Kier molecular flexibility index (Phi) is 5.82. The average Bonchev–Trinajstić information content (AvgIpc) is 2.92. The highest BCUT2D eigenvalue weighted by Crippen LogP contribution is 2.10. The first-order chi connectivity index (χ1) is 9.16. The number of thiophene rings is 1. The molecular weight excluding hydrogens is 254 g/mol. The van der Waals surface area contributed by atoms with Crippen LogP contribution in [0.25, 0.3) is 0 Å². The van der Waals surface area contributed by atoms with Gasteiger partial charge in [-0.2, -0.15) is 0 Å². The lowest BCUT2D eigenvalue weighted by Gasteiger charge is -2.39. The van der Waals surface area contributed by atoms with E-state index in [2.05, 4.69) is 53.4 Å². The highest BCUT2D eigenvalue weighted by molar-refractivity contribution is 7.09. The van der Waals surface area contributed by atoms with E-state index >= 15 is 0 Å². The van der Waals surface area contributed by atoms with Crippen LogP contribution in [0.5, 0.6) is 0 Å². The zero-order valence-corrected chi connectivity index (χ0v) is 13.2. The number of hydrogen-bond acceptors (Lipinski definition) is 4. The van der Waals surface area contributed by atoms with Crippen molar-refractivity contribution in [2.45, 2.75) is 39.4 Å². The summed E-state index contributed by atoms with van der Waals surface area (Å²) in [5.41, 5.74) is 0. The molecule has 1 aromatic rings. The maximum absolute atomic E-state index is 3.57. The summed E-state index contributed by atoms with van der Waals surface area (Å²) in [6, 6.07) is 5.64. The van der Waals surface area contributed by atoms with Crippen LogP contribution in [0.4, 0.5) is 0 Å². The van der Waals surface area contributed by atoms with E-state index in [0.717, 1.165) is 13.1 Å². The Labute approximate surface area is 121 Å². The van der Waals surface area contributed by atoms with Crippen LogP contribution in [0.2, 0.25) is 0 Å². The average molecular weight is 281 g/mol. The number of nitrogens with one attached hydrogen (secondary N) is 1. The third-order valence-corrected chi connectivity index (χ3v) is 4.90. The van der Waals surface area contributed by atoms with Gasteiger partial charge in [0.1, 0.15) is 0 Å². The van der Waals surface area contributed by atoms with Crippen LogP contribution in [0.1, 0.15) is 25.6 Å². The molecule has 0 aromatic carbocycles. The van der Waals surface area contributed by atoms with Crippen LogP contribution in [0, 0.1) is 0 Å². The Morgan fingerprint density at radius 3 is 2.42 bits per heavy atom. The fourth-order valence-corrected chi connectivity index (χ4v) is 3.32. The van der Waals surface area contributed by atoms with Crippen molar-refractivity contribution in [3.8, 4) is 0 Å². The molecule has 4 heteroatoms. The van der Waals surface area contributed by atoms with Gasteiger partial charge in [0.15, 0.2) is 0 Å². The van der Waals surface area contributed by atoms with Crippen molar-refractivity contribution in [3.05, 3.63) is 22.4 Å². The molecule has 1 fully saturated rings. The van der Waals surface area contributed by atoms with Crippen LogP contribution in [0.3, 0.4) is 0 Å². The lowest BCUT2D eigenvalue weighted by molar-refractivity contribution is 0.0831. The van der Waals surface area contributed by atoms with E-state index in [0.29, 0.717) is 12.1 Å². The number of rotatable bonds is 6. The van der Waals surface area contributed by atoms with Crippen LogP contribution in [-0.2, 0) is 6.54 Å². The van der Waals surface area contributed by atoms with Crippen molar-refractivity contribution in [2.24, 2.45) is 0 Å². The molecule has 2 heterocycles. The molecule has 3 nitrogen and oxygen atoms in total. The molecule has 1 atom stereocenters. The smallest absolute Gasteiger partial charge is 0.0300 e. The molecule has 2 rings (SSSR count). The molecule has 0 saturated carbocycles. The molecular formula is C15H27N3S. The predicted octanol–water partition coefficient (Wildman–Crippen LogP) is 2.25. The minimum atomic E-state index is 0.634. The minimum Gasteiger partial charge on any atom is -0.310 e. The summed E-state index contributed by atoms with van der Waals surface area (Å²) in [4.78, 5) is 6.61. The standard InChI is InChI=1S/C15H27N3S/c1-13(2)17-6-8-18(9-7-17)14(3)11-16-12-15-5-4-10-19-15/h4-5,10,13-14,16H,6-9,11-12H2,1-3H3. The normalized spacial score (nSPS) is 20.0. The lowest BCUT2D eigenvalue weighted by atomic mass is 10.2. The van der Waals surface area contributed by atoms with E-state index in [9.17, 15) is 0 Å². The molecule has 1 aliphatic rings. The van der Waals surface area contributed by atoms with Crippen molar-refractivity contribution in [3.63, 3.8) is 0 Å². The van der Waals surface area contributed by atoms with Gasteiger partial charge in [-0.25, -0.2) is 0 Å². The second-order valence-electron chi connectivity index (χ2n) is 5.72. The van der Waals surface area contributed by atoms with Crippen molar-refractivity contribution < 1.29 is 0 Å². The molecule has 0 aliphatic carbocycles. The maximum Gasteiger partial charge on any atom is 0.0300 e. The van der Waals surface area contributed by atoms with Gasteiger partial charge in [0.05, 0.1) is 0 Å². The molecule has 1 aliphatic heterocycles. The summed E-state index contributed by atoms with van der Waals surface area (Å²) in [5, 5.41) is 5.72. The van der Waals surface area contributed by atoms with Crippen molar-refractivity contribution in [2.75, 3.05) is 32.7 Å². The fourth-order valence-electron chi connectivity index (χ4n) is 2.64. The van der Waals surface area contributed by atoms with Gasteiger partial charge in [0.2, 0.25) is 0 Å². The van der Waals surface area contributed by atoms with E-state index in [1.807, 2.05) is 11.3 Å². The monoisotopic (exact) mass is 281 g/mol.